The highest BCUT2D eigenvalue weighted by atomic mass is 32.2. The smallest absolute Gasteiger partial charge is 0.408 e. The molecule has 1 saturated heterocycles. The van der Waals surface area contributed by atoms with Gasteiger partial charge in [-0.1, -0.05) is 40.7 Å². The van der Waals surface area contributed by atoms with Gasteiger partial charge >= 0.3 is 6.09 Å². The first-order valence-corrected chi connectivity index (χ1v) is 18.8. The molecule has 16 nitrogen and oxygen atoms in total. The number of carbonyl (C=O) groups is 4. The van der Waals surface area contributed by atoms with Crippen LogP contribution in [0.4, 0.5) is 4.79 Å². The molecular weight excluding hydrogens is 680 g/mol. The van der Waals surface area contributed by atoms with Crippen LogP contribution in [0, 0.1) is 17.3 Å². The van der Waals surface area contributed by atoms with Crippen molar-refractivity contribution in [2.45, 2.75) is 96.5 Å². The van der Waals surface area contributed by atoms with Gasteiger partial charge in [-0.3, -0.25) is 19.1 Å². The average Bonchev–Trinajstić information content (AvgIpc) is 3.34. The summed E-state index contributed by atoms with van der Waals surface area (Å²) in [5, 5.41) is 18.5. The normalized spacial score (nSPS) is 23.9. The fourth-order valence-electron chi connectivity index (χ4n) is 6.37. The van der Waals surface area contributed by atoms with E-state index in [-0.39, 0.29) is 37.2 Å². The predicted molar refractivity (Wildman–Crippen MR) is 185 cm³/mol. The van der Waals surface area contributed by atoms with Crippen LogP contribution in [0.3, 0.4) is 0 Å². The number of benzene rings is 1. The van der Waals surface area contributed by atoms with Crippen molar-refractivity contribution in [3.8, 4) is 17.1 Å². The number of hydrogen-bond acceptors (Lipinski definition) is 11. The van der Waals surface area contributed by atoms with Crippen molar-refractivity contribution in [1.82, 2.24) is 40.5 Å². The molecule has 5 atom stereocenters. The highest BCUT2D eigenvalue weighted by Crippen LogP contribution is 2.45. The van der Waals surface area contributed by atoms with Gasteiger partial charge in [0.2, 0.25) is 27.7 Å². The van der Waals surface area contributed by atoms with Crippen LogP contribution in [0.2, 0.25) is 0 Å². The number of nitrogens with one attached hydrogen (secondary N) is 3. The fraction of sp³-hybridized carbons (Fsp3) is 0.618. The van der Waals surface area contributed by atoms with E-state index < -0.39 is 68.8 Å². The summed E-state index contributed by atoms with van der Waals surface area (Å²) < 4.78 is 38.2. The fourth-order valence-corrected chi connectivity index (χ4v) is 7.79. The zero-order chi connectivity index (χ0) is 37.3. The van der Waals surface area contributed by atoms with Gasteiger partial charge < -0.3 is 25.0 Å². The number of alkyl carbamates (subject to hydrolysis) is 1. The Labute approximate surface area is 298 Å². The summed E-state index contributed by atoms with van der Waals surface area (Å²) >= 11 is 0. The van der Waals surface area contributed by atoms with E-state index in [4.69, 9.17) is 9.47 Å². The number of tetrazole rings is 1. The summed E-state index contributed by atoms with van der Waals surface area (Å²) in [5.74, 6) is -2.16. The van der Waals surface area contributed by atoms with Gasteiger partial charge in [0, 0.05) is 24.4 Å². The molecule has 17 heteroatoms. The summed E-state index contributed by atoms with van der Waals surface area (Å²) in [7, 11) is -2.42. The minimum absolute atomic E-state index is 0.0197. The predicted octanol–water partition coefficient (Wildman–Crippen LogP) is 2.35. The van der Waals surface area contributed by atoms with Gasteiger partial charge in [0.05, 0.1) is 18.9 Å². The first-order chi connectivity index (χ1) is 24.0. The number of hydrogen-bond donors (Lipinski definition) is 3. The lowest BCUT2D eigenvalue weighted by molar-refractivity contribution is -0.142. The number of carbonyl (C=O) groups excluding carboxylic acids is 4. The summed E-state index contributed by atoms with van der Waals surface area (Å²) in [6.07, 6.45) is 3.18. The third-order valence-corrected chi connectivity index (χ3v) is 11.1. The number of aromatic nitrogens is 4. The Kier molecular flexibility index (Phi) is 10.8. The van der Waals surface area contributed by atoms with Crippen molar-refractivity contribution in [1.29, 1.82) is 0 Å². The van der Waals surface area contributed by atoms with Gasteiger partial charge in [0.15, 0.2) is 0 Å². The van der Waals surface area contributed by atoms with Gasteiger partial charge in [0.1, 0.15) is 29.5 Å². The number of methoxy groups -OCH3 is 1. The lowest BCUT2D eigenvalue weighted by atomic mass is 9.85. The maximum Gasteiger partial charge on any atom is 0.408 e. The summed E-state index contributed by atoms with van der Waals surface area (Å²) in [5.41, 5.74) is -1.69. The third-order valence-electron chi connectivity index (χ3n) is 9.52. The number of nitrogens with zero attached hydrogens (tertiary/aromatic N) is 5. The standard InChI is InChI=1S/C34H48N8O8S/c1-8-22-17-34(22,31(45)39-51(47,48)19-20(2)3)36-29(43)26-16-23(42-38-28(37-40-42)21-12-14-24(49-7)15-13-21)18-41(26)30(44)27(33(4,5)6)35-32(46)50-25-10-9-11-25/h8,12-15,20,22-23,25-27H,1,9-11,16-19H2,2-7H3,(H,35,46)(H,36,43)(H,39,45)/t22-,23-,26+,27-,34-/m1/s1. The molecule has 1 aromatic heterocycles. The van der Waals surface area contributed by atoms with Crippen LogP contribution in [-0.2, 0) is 29.1 Å². The molecule has 3 fully saturated rings. The molecule has 2 aromatic rings. The van der Waals surface area contributed by atoms with E-state index in [0.717, 1.165) is 19.3 Å². The van der Waals surface area contributed by atoms with Crippen LogP contribution < -0.4 is 20.1 Å². The molecule has 51 heavy (non-hydrogen) atoms. The van der Waals surface area contributed by atoms with E-state index in [0.29, 0.717) is 17.1 Å². The molecule has 278 valence electrons. The maximum atomic E-state index is 14.4. The summed E-state index contributed by atoms with van der Waals surface area (Å²) in [6.45, 7) is 12.5. The topological polar surface area (TPSA) is 204 Å². The second-order valence-electron chi connectivity index (χ2n) is 15.1. The number of sulfonamides is 1. The van der Waals surface area contributed by atoms with Crippen LogP contribution >= 0.6 is 0 Å². The van der Waals surface area contributed by atoms with Crippen LogP contribution in [0.15, 0.2) is 36.9 Å². The van der Waals surface area contributed by atoms with Crippen LogP contribution in [0.5, 0.6) is 5.75 Å². The van der Waals surface area contributed by atoms with Gasteiger partial charge in [-0.2, -0.15) is 4.80 Å². The highest BCUT2D eigenvalue weighted by Gasteiger charge is 2.61. The van der Waals surface area contributed by atoms with Gasteiger partial charge in [-0.05, 0) is 66.5 Å². The van der Waals surface area contributed by atoms with E-state index in [1.54, 1.807) is 66.0 Å². The largest absolute Gasteiger partial charge is 0.497 e. The number of rotatable bonds is 13. The van der Waals surface area contributed by atoms with Crippen molar-refractivity contribution in [3.63, 3.8) is 0 Å². The number of likely N-dealkylation sites (tertiary alicyclic amines) is 1. The molecule has 4 amide bonds. The monoisotopic (exact) mass is 728 g/mol. The molecule has 0 bridgehead atoms. The Morgan fingerprint density at radius 2 is 1.82 bits per heavy atom. The van der Waals surface area contributed by atoms with Gasteiger partial charge in [0.25, 0.3) is 5.91 Å². The SMILES string of the molecule is C=C[C@@H]1C[C@]1(NC(=O)[C@@H]1C[C@@H](n2nnc(-c3ccc(OC)cc3)n2)CN1C(=O)[C@@H](NC(=O)OC1CCC1)C(C)(C)C)C(=O)NS(=O)(=O)CC(C)C. The Morgan fingerprint density at radius 1 is 1.14 bits per heavy atom. The first kappa shape index (κ1) is 37.7. The third kappa shape index (κ3) is 8.51. The minimum Gasteiger partial charge on any atom is -0.497 e. The Bertz CT molecular complexity index is 1750. The molecule has 2 heterocycles. The lowest BCUT2D eigenvalue weighted by Crippen LogP contribution is -2.60. The van der Waals surface area contributed by atoms with Crippen LogP contribution in [0.25, 0.3) is 11.4 Å². The Morgan fingerprint density at radius 3 is 2.37 bits per heavy atom. The van der Waals surface area contributed by atoms with Crippen molar-refractivity contribution < 1.29 is 37.1 Å². The zero-order valence-electron chi connectivity index (χ0n) is 29.9. The molecule has 5 rings (SSSR count). The minimum atomic E-state index is -3.98. The highest BCUT2D eigenvalue weighted by molar-refractivity contribution is 7.90. The van der Waals surface area contributed by atoms with E-state index in [9.17, 15) is 27.6 Å². The molecule has 0 spiro atoms. The lowest BCUT2D eigenvalue weighted by Gasteiger charge is -2.36. The van der Waals surface area contributed by atoms with Crippen molar-refractivity contribution in [3.05, 3.63) is 36.9 Å². The quantitative estimate of drug-likeness (QED) is 0.256. The van der Waals surface area contributed by atoms with Crippen molar-refractivity contribution in [2.24, 2.45) is 17.3 Å². The van der Waals surface area contributed by atoms with Crippen LogP contribution in [0.1, 0.15) is 72.8 Å². The van der Waals surface area contributed by atoms with Gasteiger partial charge in [-0.25, -0.2) is 13.2 Å². The molecule has 0 unspecified atom stereocenters. The Balaban J connectivity index is 1.42. The molecule has 2 aliphatic carbocycles. The van der Waals surface area contributed by atoms with E-state index >= 15 is 0 Å². The van der Waals surface area contributed by atoms with E-state index in [1.165, 1.54) is 15.8 Å². The molecular formula is C34H48N8O8S. The second-order valence-corrected chi connectivity index (χ2v) is 16.8. The number of ether oxygens (including phenoxy) is 2. The average molecular weight is 729 g/mol. The molecule has 2 saturated carbocycles. The maximum absolute atomic E-state index is 14.4. The molecule has 3 aliphatic rings. The summed E-state index contributed by atoms with van der Waals surface area (Å²) in [6, 6.07) is 4.24. The molecule has 0 radical (unpaired) electrons. The zero-order valence-corrected chi connectivity index (χ0v) is 30.7. The van der Waals surface area contributed by atoms with Crippen molar-refractivity contribution >= 4 is 33.8 Å². The molecule has 3 N–H and O–H groups in total. The number of amides is 4. The molecule has 1 aliphatic heterocycles. The second kappa shape index (κ2) is 14.6. The van der Waals surface area contributed by atoms with Crippen molar-refractivity contribution in [2.75, 3.05) is 19.4 Å². The molecule has 1 aromatic carbocycles. The van der Waals surface area contributed by atoms with Crippen LogP contribution in [-0.4, -0.2) is 100 Å². The van der Waals surface area contributed by atoms with Gasteiger partial charge in [-0.15, -0.1) is 16.8 Å². The first-order valence-electron chi connectivity index (χ1n) is 17.2. The van der Waals surface area contributed by atoms with E-state index in [2.05, 4.69) is 37.3 Å². The summed E-state index contributed by atoms with van der Waals surface area (Å²) in [4.78, 5) is 57.7. The van der Waals surface area contributed by atoms with E-state index in [1.807, 2.05) is 0 Å². The Hall–Kier alpha value is -4.54.